The smallest absolute Gasteiger partial charge is 0.190 e. The molecule has 5 heteroatoms. The molecule has 0 spiro atoms. The minimum absolute atomic E-state index is 0.108. The molecule has 0 saturated heterocycles. The van der Waals surface area contributed by atoms with Crippen LogP contribution < -0.4 is 10.1 Å². The van der Waals surface area contributed by atoms with Gasteiger partial charge in [0, 0.05) is 25.8 Å². The fourth-order valence-electron chi connectivity index (χ4n) is 1.74. The van der Waals surface area contributed by atoms with Crippen LogP contribution in [0.4, 0.5) is 8.78 Å². The lowest BCUT2D eigenvalue weighted by atomic mass is 10.1. The summed E-state index contributed by atoms with van der Waals surface area (Å²) in [7, 11) is 1.62. The zero-order chi connectivity index (χ0) is 15.9. The molecule has 0 bridgehead atoms. The Bertz CT molecular complexity index is 421. The third-order valence-electron chi connectivity index (χ3n) is 2.87. The lowest BCUT2D eigenvalue weighted by Crippen LogP contribution is -2.35. The molecule has 0 amide bonds. The molecule has 0 heterocycles. The van der Waals surface area contributed by atoms with Gasteiger partial charge in [0.05, 0.1) is 6.61 Å². The van der Waals surface area contributed by atoms with E-state index in [0.717, 1.165) is 6.42 Å². The second kappa shape index (κ2) is 8.29. The Balaban J connectivity index is 2.58. The van der Waals surface area contributed by atoms with Crippen LogP contribution in [0.2, 0.25) is 0 Å². The Hall–Kier alpha value is -1.20. The molecule has 0 aliphatic rings. The zero-order valence-electron chi connectivity index (χ0n) is 13.3. The molecule has 0 saturated carbocycles. The van der Waals surface area contributed by atoms with Crippen LogP contribution in [-0.4, -0.2) is 25.9 Å². The summed E-state index contributed by atoms with van der Waals surface area (Å²) in [5.41, 5.74) is 0.454. The van der Waals surface area contributed by atoms with Gasteiger partial charge in [-0.1, -0.05) is 0 Å². The molecule has 21 heavy (non-hydrogen) atoms. The van der Waals surface area contributed by atoms with Gasteiger partial charge in [-0.15, -0.1) is 0 Å². The van der Waals surface area contributed by atoms with Gasteiger partial charge in [0.25, 0.3) is 0 Å². The largest absolute Gasteiger partial charge is 0.488 e. The number of hydrogen-bond donors (Lipinski definition) is 1. The molecule has 120 valence electrons. The predicted molar refractivity (Wildman–Crippen MR) is 79.6 cm³/mol. The van der Waals surface area contributed by atoms with E-state index >= 15 is 0 Å². The van der Waals surface area contributed by atoms with Crippen molar-refractivity contribution in [1.29, 1.82) is 0 Å². The van der Waals surface area contributed by atoms with Gasteiger partial charge in [0.1, 0.15) is 0 Å². The van der Waals surface area contributed by atoms with Crippen LogP contribution in [-0.2, 0) is 11.3 Å². The van der Waals surface area contributed by atoms with Crippen LogP contribution in [0.25, 0.3) is 0 Å². The predicted octanol–water partition coefficient (Wildman–Crippen LogP) is 3.66. The molecule has 0 radical (unpaired) electrons. The number of ether oxygens (including phenoxy) is 2. The van der Waals surface area contributed by atoms with Crippen LogP contribution in [0.5, 0.6) is 5.75 Å². The van der Waals surface area contributed by atoms with Crippen LogP contribution in [0.15, 0.2) is 12.1 Å². The summed E-state index contributed by atoms with van der Waals surface area (Å²) in [6.45, 7) is 7.29. The minimum atomic E-state index is -0.660. The summed E-state index contributed by atoms with van der Waals surface area (Å²) in [4.78, 5) is 0. The second-order valence-corrected chi connectivity index (χ2v) is 6.04. The van der Waals surface area contributed by atoms with E-state index in [1.165, 1.54) is 12.1 Å². The average Bonchev–Trinajstić information content (AvgIpc) is 2.38. The fourth-order valence-corrected chi connectivity index (χ4v) is 1.74. The van der Waals surface area contributed by atoms with Crippen LogP contribution >= 0.6 is 0 Å². The number of rotatable bonds is 8. The molecule has 0 atom stereocenters. The molecule has 1 N–H and O–H groups in total. The number of hydrogen-bond acceptors (Lipinski definition) is 3. The van der Waals surface area contributed by atoms with Gasteiger partial charge >= 0.3 is 0 Å². The van der Waals surface area contributed by atoms with Crippen LogP contribution in [0, 0.1) is 11.6 Å². The third kappa shape index (κ3) is 6.87. The molecule has 3 nitrogen and oxygen atoms in total. The first-order chi connectivity index (χ1) is 9.83. The van der Waals surface area contributed by atoms with E-state index < -0.39 is 11.6 Å². The molecule has 1 rings (SSSR count). The first-order valence-corrected chi connectivity index (χ1v) is 7.18. The Morgan fingerprint density at radius 3 is 2.14 bits per heavy atom. The summed E-state index contributed by atoms with van der Waals surface area (Å²) >= 11 is 0. The van der Waals surface area contributed by atoms with Crippen molar-refractivity contribution in [2.24, 2.45) is 0 Å². The summed E-state index contributed by atoms with van der Waals surface area (Å²) in [5.74, 6) is -1.62. The Morgan fingerprint density at radius 1 is 1.05 bits per heavy atom. The first kappa shape index (κ1) is 17.9. The third-order valence-corrected chi connectivity index (χ3v) is 2.87. The zero-order valence-corrected chi connectivity index (χ0v) is 13.3. The number of nitrogens with one attached hydrogen (secondary N) is 1. The van der Waals surface area contributed by atoms with Crippen molar-refractivity contribution in [3.8, 4) is 5.75 Å². The molecule has 1 aromatic rings. The molecule has 0 aliphatic carbocycles. The number of benzene rings is 1. The number of methoxy groups -OCH3 is 1. The number of unbranched alkanes of at least 4 members (excludes halogenated alkanes) is 1. The summed E-state index contributed by atoms with van der Waals surface area (Å²) in [5, 5.41) is 3.19. The summed E-state index contributed by atoms with van der Waals surface area (Å²) in [6.07, 6.45) is 1.49. The molecular formula is C16H25F2NO2. The lowest BCUT2D eigenvalue weighted by Gasteiger charge is -2.20. The maximum Gasteiger partial charge on any atom is 0.190 e. The van der Waals surface area contributed by atoms with Crippen molar-refractivity contribution < 1.29 is 18.3 Å². The van der Waals surface area contributed by atoms with E-state index in [2.05, 4.69) is 5.32 Å². The van der Waals surface area contributed by atoms with Crippen molar-refractivity contribution in [1.82, 2.24) is 5.32 Å². The highest BCUT2D eigenvalue weighted by Gasteiger charge is 2.14. The average molecular weight is 301 g/mol. The normalized spacial score (nSPS) is 11.7. The summed E-state index contributed by atoms with van der Waals surface area (Å²) < 4.78 is 37.9. The molecule has 1 aromatic carbocycles. The molecule has 0 aromatic heterocycles. The van der Waals surface area contributed by atoms with Gasteiger partial charge in [-0.05, 0) is 51.3 Å². The van der Waals surface area contributed by atoms with Gasteiger partial charge in [0.2, 0.25) is 0 Å². The highest BCUT2D eigenvalue weighted by Crippen LogP contribution is 2.24. The SMILES string of the molecule is COCCCCOc1c(F)cc(CNC(C)(C)C)cc1F. The van der Waals surface area contributed by atoms with Crippen LogP contribution in [0.1, 0.15) is 39.2 Å². The summed E-state index contributed by atoms with van der Waals surface area (Å²) in [6, 6.07) is 2.62. The van der Waals surface area contributed by atoms with Crippen molar-refractivity contribution >= 4 is 0 Å². The quantitative estimate of drug-likeness (QED) is 0.743. The van der Waals surface area contributed by atoms with E-state index in [0.29, 0.717) is 25.1 Å². The maximum atomic E-state index is 13.9. The van der Waals surface area contributed by atoms with Gasteiger partial charge in [-0.2, -0.15) is 0 Å². The molecule has 0 fully saturated rings. The Labute approximate surface area is 125 Å². The maximum absolute atomic E-state index is 13.9. The van der Waals surface area contributed by atoms with Gasteiger partial charge in [0.15, 0.2) is 17.4 Å². The van der Waals surface area contributed by atoms with E-state index in [1.54, 1.807) is 7.11 Å². The monoisotopic (exact) mass is 301 g/mol. The van der Waals surface area contributed by atoms with Crippen molar-refractivity contribution in [2.75, 3.05) is 20.3 Å². The Morgan fingerprint density at radius 2 is 1.62 bits per heavy atom. The van der Waals surface area contributed by atoms with Crippen molar-refractivity contribution in [3.05, 3.63) is 29.3 Å². The highest BCUT2D eigenvalue weighted by molar-refractivity contribution is 5.31. The van der Waals surface area contributed by atoms with Gasteiger partial charge in [-0.25, -0.2) is 8.78 Å². The Kier molecular flexibility index (Phi) is 7.05. The number of halogens is 2. The molecule has 0 unspecified atom stereocenters. The van der Waals surface area contributed by atoms with E-state index in [4.69, 9.17) is 9.47 Å². The van der Waals surface area contributed by atoms with Crippen molar-refractivity contribution in [3.63, 3.8) is 0 Å². The van der Waals surface area contributed by atoms with Gasteiger partial charge < -0.3 is 14.8 Å². The van der Waals surface area contributed by atoms with E-state index in [9.17, 15) is 8.78 Å². The second-order valence-electron chi connectivity index (χ2n) is 6.04. The standard InChI is InChI=1S/C16H25F2NO2/c1-16(2,3)19-11-12-9-13(17)15(14(18)10-12)21-8-6-5-7-20-4/h9-10,19H,5-8,11H2,1-4H3. The molecule has 0 aliphatic heterocycles. The topological polar surface area (TPSA) is 30.5 Å². The van der Waals surface area contributed by atoms with Crippen LogP contribution in [0.3, 0.4) is 0 Å². The lowest BCUT2D eigenvalue weighted by molar-refractivity contribution is 0.182. The van der Waals surface area contributed by atoms with E-state index in [1.807, 2.05) is 20.8 Å². The molecular weight excluding hydrogens is 276 g/mol. The highest BCUT2D eigenvalue weighted by atomic mass is 19.1. The fraction of sp³-hybridized carbons (Fsp3) is 0.625. The van der Waals surface area contributed by atoms with Gasteiger partial charge in [-0.3, -0.25) is 0 Å². The van der Waals surface area contributed by atoms with Crippen molar-refractivity contribution in [2.45, 2.75) is 45.7 Å². The first-order valence-electron chi connectivity index (χ1n) is 7.18. The minimum Gasteiger partial charge on any atom is -0.488 e. The van der Waals surface area contributed by atoms with E-state index in [-0.39, 0.29) is 17.9 Å².